The molecule has 0 aromatic heterocycles. The lowest BCUT2D eigenvalue weighted by Gasteiger charge is -2.27. The Morgan fingerprint density at radius 2 is 2.21 bits per heavy atom. The van der Waals surface area contributed by atoms with Crippen LogP contribution in [-0.2, 0) is 4.74 Å². The van der Waals surface area contributed by atoms with Crippen molar-refractivity contribution in [3.8, 4) is 0 Å². The average molecular weight is 269 g/mol. The van der Waals surface area contributed by atoms with Gasteiger partial charge in [-0.1, -0.05) is 0 Å². The van der Waals surface area contributed by atoms with Gasteiger partial charge < -0.3 is 21.1 Å². The van der Waals surface area contributed by atoms with E-state index in [1.807, 2.05) is 20.8 Å². The fraction of sp³-hybridized carbons (Fsp3) is 0.750. The second-order valence-electron chi connectivity index (χ2n) is 5.56. The van der Waals surface area contributed by atoms with Gasteiger partial charge in [-0.25, -0.2) is 9.79 Å². The third-order valence-electron chi connectivity index (χ3n) is 2.63. The number of amides is 1. The molecule has 1 amide bonds. The van der Waals surface area contributed by atoms with Gasteiger partial charge in [-0.3, -0.25) is 4.99 Å². The minimum absolute atomic E-state index is 0.0364. The highest BCUT2D eigenvalue weighted by atomic mass is 16.6. The molecule has 0 saturated carbocycles. The number of likely N-dealkylation sites (tertiary alicyclic amines) is 1. The lowest BCUT2D eigenvalue weighted by molar-refractivity contribution is 0.0231. The lowest BCUT2D eigenvalue weighted by Crippen LogP contribution is -2.41. The predicted octanol–water partition coefficient (Wildman–Crippen LogP) is 0.338. The van der Waals surface area contributed by atoms with Crippen LogP contribution in [0.2, 0.25) is 0 Å². The molecule has 0 aromatic carbocycles. The summed E-state index contributed by atoms with van der Waals surface area (Å²) in [5.74, 6) is 0. The highest BCUT2D eigenvalue weighted by Crippen LogP contribution is 2.20. The number of aliphatic imine (C=N–C) groups is 2. The monoisotopic (exact) mass is 269 g/mol. The Bertz CT molecular complexity index is 362. The number of nitrogens with zero attached hydrogens (tertiary/aromatic N) is 3. The standard InChI is InChI=1S/C12H23N5O2/c1-12(2,3)19-11(18)17-6-9(14)4-10(17)5-15-8-16-7-13/h7-10H,4-6,14H2,1-3H3,(H2,13,15,16)/t9-,10+/m1/s1. The minimum atomic E-state index is -0.512. The van der Waals surface area contributed by atoms with Gasteiger partial charge >= 0.3 is 6.09 Å². The first kappa shape index (κ1) is 15.4. The van der Waals surface area contributed by atoms with Crippen LogP contribution in [0.15, 0.2) is 9.98 Å². The first-order valence-electron chi connectivity index (χ1n) is 6.30. The van der Waals surface area contributed by atoms with Crippen LogP contribution in [0.25, 0.3) is 0 Å². The zero-order chi connectivity index (χ0) is 14.5. The number of nitrogens with two attached hydrogens (primary N) is 2. The molecule has 0 aliphatic carbocycles. The molecule has 108 valence electrons. The summed E-state index contributed by atoms with van der Waals surface area (Å²) in [6, 6.07) is -0.0835. The molecule has 0 spiro atoms. The van der Waals surface area contributed by atoms with Crippen molar-refractivity contribution in [1.82, 2.24) is 4.90 Å². The van der Waals surface area contributed by atoms with Gasteiger partial charge in [0.05, 0.1) is 18.9 Å². The van der Waals surface area contributed by atoms with E-state index in [1.54, 1.807) is 4.90 Å². The molecule has 0 radical (unpaired) electrons. The molecule has 4 N–H and O–H groups in total. The minimum Gasteiger partial charge on any atom is -0.444 e. The van der Waals surface area contributed by atoms with Crippen LogP contribution >= 0.6 is 0 Å². The van der Waals surface area contributed by atoms with Gasteiger partial charge in [0.2, 0.25) is 0 Å². The van der Waals surface area contributed by atoms with Crippen molar-refractivity contribution >= 4 is 18.8 Å². The number of rotatable bonds is 3. The topological polar surface area (TPSA) is 106 Å². The van der Waals surface area contributed by atoms with Crippen LogP contribution in [0.3, 0.4) is 0 Å². The zero-order valence-corrected chi connectivity index (χ0v) is 11.7. The number of hydrogen-bond donors (Lipinski definition) is 2. The van der Waals surface area contributed by atoms with E-state index in [1.165, 1.54) is 6.34 Å². The van der Waals surface area contributed by atoms with Crippen LogP contribution < -0.4 is 11.5 Å². The van der Waals surface area contributed by atoms with Gasteiger partial charge in [-0.2, -0.15) is 0 Å². The average Bonchev–Trinajstić information content (AvgIpc) is 2.64. The van der Waals surface area contributed by atoms with Crippen LogP contribution in [0.4, 0.5) is 4.79 Å². The summed E-state index contributed by atoms with van der Waals surface area (Å²) in [4.78, 5) is 21.5. The van der Waals surface area contributed by atoms with Gasteiger partial charge in [0.15, 0.2) is 0 Å². The molecule has 19 heavy (non-hydrogen) atoms. The summed E-state index contributed by atoms with van der Waals surface area (Å²) in [6.45, 7) is 6.46. The second-order valence-corrected chi connectivity index (χ2v) is 5.56. The number of hydrogen-bond acceptors (Lipinski definition) is 4. The van der Waals surface area contributed by atoms with Crippen molar-refractivity contribution in [3.05, 3.63) is 0 Å². The van der Waals surface area contributed by atoms with Crippen molar-refractivity contribution in [2.75, 3.05) is 13.1 Å². The number of ether oxygens (including phenoxy) is 1. The Hall–Kier alpha value is -1.63. The van der Waals surface area contributed by atoms with Gasteiger partial charge in [0.1, 0.15) is 11.9 Å². The van der Waals surface area contributed by atoms with E-state index in [-0.39, 0.29) is 18.2 Å². The molecule has 1 heterocycles. The molecule has 0 bridgehead atoms. The Labute approximate surface area is 113 Å². The number of carbonyl (C=O) groups is 1. The summed E-state index contributed by atoms with van der Waals surface area (Å²) >= 11 is 0. The Balaban J connectivity index is 2.61. The molecule has 1 aliphatic heterocycles. The van der Waals surface area contributed by atoms with E-state index in [4.69, 9.17) is 16.2 Å². The summed E-state index contributed by atoms with van der Waals surface area (Å²) in [5, 5.41) is 0. The Morgan fingerprint density at radius 1 is 1.53 bits per heavy atom. The summed E-state index contributed by atoms with van der Waals surface area (Å²) in [5.41, 5.74) is 10.5. The highest BCUT2D eigenvalue weighted by Gasteiger charge is 2.35. The third-order valence-corrected chi connectivity index (χ3v) is 2.63. The fourth-order valence-corrected chi connectivity index (χ4v) is 1.92. The molecule has 0 aromatic rings. The van der Waals surface area contributed by atoms with Crippen molar-refractivity contribution in [1.29, 1.82) is 0 Å². The van der Waals surface area contributed by atoms with Gasteiger partial charge in [0, 0.05) is 12.6 Å². The van der Waals surface area contributed by atoms with E-state index >= 15 is 0 Å². The largest absolute Gasteiger partial charge is 0.444 e. The summed E-state index contributed by atoms with van der Waals surface area (Å²) < 4.78 is 5.36. The highest BCUT2D eigenvalue weighted by molar-refractivity contribution is 5.70. The van der Waals surface area contributed by atoms with Crippen molar-refractivity contribution in [3.63, 3.8) is 0 Å². The molecule has 7 nitrogen and oxygen atoms in total. The molecule has 1 fully saturated rings. The molecule has 7 heteroatoms. The Kier molecular flexibility index (Phi) is 5.29. The van der Waals surface area contributed by atoms with Crippen molar-refractivity contribution in [2.45, 2.75) is 44.9 Å². The first-order chi connectivity index (χ1) is 8.83. The summed E-state index contributed by atoms with van der Waals surface area (Å²) in [6.07, 6.45) is 2.90. The predicted molar refractivity (Wildman–Crippen MR) is 75.4 cm³/mol. The zero-order valence-electron chi connectivity index (χ0n) is 11.7. The van der Waals surface area contributed by atoms with Crippen LogP contribution in [0, 0.1) is 0 Å². The number of carbonyl (C=O) groups excluding carboxylic acids is 1. The maximum Gasteiger partial charge on any atom is 0.410 e. The van der Waals surface area contributed by atoms with Gasteiger partial charge in [0.25, 0.3) is 0 Å². The van der Waals surface area contributed by atoms with E-state index < -0.39 is 5.60 Å². The quantitative estimate of drug-likeness (QED) is 0.569. The van der Waals surface area contributed by atoms with Crippen molar-refractivity contribution in [2.24, 2.45) is 21.5 Å². The lowest BCUT2D eigenvalue weighted by atomic mass is 10.2. The SMILES string of the molecule is CC(C)(C)OC(=O)N1C[C@H](N)C[C@H]1CN=CN=CN. The Morgan fingerprint density at radius 3 is 2.79 bits per heavy atom. The molecule has 0 unspecified atom stereocenters. The molecule has 1 saturated heterocycles. The van der Waals surface area contributed by atoms with E-state index in [2.05, 4.69) is 9.98 Å². The van der Waals surface area contributed by atoms with E-state index in [0.717, 1.165) is 6.34 Å². The molecule has 1 rings (SSSR count). The maximum atomic E-state index is 12.1. The smallest absolute Gasteiger partial charge is 0.410 e. The van der Waals surface area contributed by atoms with Crippen LogP contribution in [-0.4, -0.2) is 54.4 Å². The molecule has 2 atom stereocenters. The van der Waals surface area contributed by atoms with E-state index in [9.17, 15) is 4.79 Å². The normalized spacial score (nSPS) is 24.5. The van der Waals surface area contributed by atoms with Gasteiger partial charge in [-0.15, -0.1) is 0 Å². The van der Waals surface area contributed by atoms with Crippen molar-refractivity contribution < 1.29 is 9.53 Å². The third kappa shape index (κ3) is 5.25. The second kappa shape index (κ2) is 6.51. The van der Waals surface area contributed by atoms with E-state index in [0.29, 0.717) is 19.5 Å². The fourth-order valence-electron chi connectivity index (χ4n) is 1.92. The first-order valence-corrected chi connectivity index (χ1v) is 6.30. The molecule has 1 aliphatic rings. The molecular weight excluding hydrogens is 246 g/mol. The van der Waals surface area contributed by atoms with Crippen LogP contribution in [0.5, 0.6) is 0 Å². The van der Waals surface area contributed by atoms with Gasteiger partial charge in [-0.05, 0) is 27.2 Å². The van der Waals surface area contributed by atoms with Crippen LogP contribution in [0.1, 0.15) is 27.2 Å². The summed E-state index contributed by atoms with van der Waals surface area (Å²) in [7, 11) is 0. The molecular formula is C12H23N5O2. The maximum absolute atomic E-state index is 12.1.